The van der Waals surface area contributed by atoms with Gasteiger partial charge in [0.2, 0.25) is 0 Å². The van der Waals surface area contributed by atoms with Gasteiger partial charge in [-0.05, 0) is 32.9 Å². The second-order valence-electron chi connectivity index (χ2n) is 4.61. The molecule has 0 aliphatic heterocycles. The molecule has 0 spiro atoms. The van der Waals surface area contributed by atoms with Crippen LogP contribution >= 0.6 is 24.0 Å². The van der Waals surface area contributed by atoms with Gasteiger partial charge in [0, 0.05) is 13.1 Å². The number of nitrogens with zero attached hydrogens (tertiary/aromatic N) is 1. The van der Waals surface area contributed by atoms with Gasteiger partial charge in [0.05, 0.1) is 6.54 Å². The molecule has 20 heavy (non-hydrogen) atoms. The number of para-hydroxylation sites is 1. The predicted octanol–water partition coefficient (Wildman–Crippen LogP) is 2.78. The van der Waals surface area contributed by atoms with Crippen LogP contribution < -0.4 is 15.4 Å². The van der Waals surface area contributed by atoms with Gasteiger partial charge in [-0.1, -0.05) is 12.1 Å². The van der Waals surface area contributed by atoms with Crippen molar-refractivity contribution in [3.05, 3.63) is 30.1 Å². The number of ether oxygens (including phenoxy) is 1. The maximum absolute atomic E-state index is 13.4. The first kappa shape index (κ1) is 18.9. The van der Waals surface area contributed by atoms with Crippen LogP contribution in [-0.4, -0.2) is 31.7 Å². The summed E-state index contributed by atoms with van der Waals surface area (Å²) in [5.41, 5.74) is 0. The van der Waals surface area contributed by atoms with Gasteiger partial charge >= 0.3 is 0 Å². The van der Waals surface area contributed by atoms with E-state index in [1.807, 2.05) is 20.8 Å². The average Bonchev–Trinajstić information content (AvgIpc) is 2.37. The van der Waals surface area contributed by atoms with E-state index in [0.717, 1.165) is 0 Å². The molecule has 1 aromatic carbocycles. The summed E-state index contributed by atoms with van der Waals surface area (Å²) in [6.45, 7) is 6.49. The lowest BCUT2D eigenvalue weighted by atomic mass is 10.3. The molecule has 1 atom stereocenters. The normalized spacial score (nSPS) is 12.6. The minimum atomic E-state index is -0.348. The smallest absolute Gasteiger partial charge is 0.191 e. The molecule has 4 nitrogen and oxygen atoms in total. The molecule has 0 saturated heterocycles. The highest BCUT2D eigenvalue weighted by molar-refractivity contribution is 14.0. The van der Waals surface area contributed by atoms with Gasteiger partial charge in [-0.2, -0.15) is 0 Å². The van der Waals surface area contributed by atoms with Crippen molar-refractivity contribution >= 4 is 29.9 Å². The fraction of sp³-hybridized carbons (Fsp3) is 0.500. The Hall–Kier alpha value is -1.05. The molecule has 0 amide bonds. The topological polar surface area (TPSA) is 45.7 Å². The van der Waals surface area contributed by atoms with E-state index in [0.29, 0.717) is 18.5 Å². The zero-order valence-electron chi connectivity index (χ0n) is 12.3. The third-order valence-electron chi connectivity index (χ3n) is 2.37. The Bertz CT molecular complexity index is 427. The van der Waals surface area contributed by atoms with Gasteiger partial charge in [-0.25, -0.2) is 4.39 Å². The number of guanidine groups is 1. The van der Waals surface area contributed by atoms with Crippen LogP contribution in [0.15, 0.2) is 29.3 Å². The van der Waals surface area contributed by atoms with Crippen LogP contribution in [0, 0.1) is 5.82 Å². The summed E-state index contributed by atoms with van der Waals surface area (Å²) in [4.78, 5) is 4.09. The third kappa shape index (κ3) is 6.93. The monoisotopic (exact) mass is 395 g/mol. The van der Waals surface area contributed by atoms with Crippen molar-refractivity contribution in [1.29, 1.82) is 0 Å². The highest BCUT2D eigenvalue weighted by Gasteiger charge is 2.09. The molecule has 0 bridgehead atoms. The van der Waals surface area contributed by atoms with Crippen molar-refractivity contribution in [2.45, 2.75) is 32.9 Å². The molecule has 2 N–H and O–H groups in total. The van der Waals surface area contributed by atoms with E-state index in [1.165, 1.54) is 6.07 Å². The first-order chi connectivity index (χ1) is 9.02. The van der Waals surface area contributed by atoms with Crippen molar-refractivity contribution in [3.63, 3.8) is 0 Å². The summed E-state index contributed by atoms with van der Waals surface area (Å²) in [5, 5.41) is 6.30. The predicted molar refractivity (Wildman–Crippen MR) is 91.5 cm³/mol. The molecule has 0 fully saturated rings. The lowest BCUT2D eigenvalue weighted by Crippen LogP contribution is -2.44. The van der Waals surface area contributed by atoms with Crippen LogP contribution in [0.1, 0.15) is 20.8 Å². The van der Waals surface area contributed by atoms with Crippen LogP contribution in [-0.2, 0) is 0 Å². The van der Waals surface area contributed by atoms with E-state index < -0.39 is 0 Å². The maximum Gasteiger partial charge on any atom is 0.191 e. The zero-order valence-corrected chi connectivity index (χ0v) is 14.6. The van der Waals surface area contributed by atoms with Crippen LogP contribution in [0.2, 0.25) is 0 Å². The van der Waals surface area contributed by atoms with Crippen molar-refractivity contribution in [3.8, 4) is 5.75 Å². The highest BCUT2D eigenvalue weighted by atomic mass is 127. The van der Waals surface area contributed by atoms with Crippen LogP contribution in [0.25, 0.3) is 0 Å². The van der Waals surface area contributed by atoms with Crippen molar-refractivity contribution in [1.82, 2.24) is 10.6 Å². The molecule has 1 unspecified atom stereocenters. The fourth-order valence-corrected chi connectivity index (χ4v) is 1.51. The zero-order chi connectivity index (χ0) is 14.3. The maximum atomic E-state index is 13.4. The van der Waals surface area contributed by atoms with Gasteiger partial charge in [0.1, 0.15) is 6.10 Å². The van der Waals surface area contributed by atoms with Crippen LogP contribution in [0.4, 0.5) is 4.39 Å². The van der Waals surface area contributed by atoms with Crippen LogP contribution in [0.3, 0.4) is 0 Å². The average molecular weight is 395 g/mol. The van der Waals surface area contributed by atoms with Gasteiger partial charge in [0.15, 0.2) is 17.5 Å². The van der Waals surface area contributed by atoms with E-state index in [9.17, 15) is 4.39 Å². The van der Waals surface area contributed by atoms with Gasteiger partial charge in [0.25, 0.3) is 0 Å². The molecular weight excluding hydrogens is 372 g/mol. The van der Waals surface area contributed by atoms with Gasteiger partial charge in [-0.3, -0.25) is 4.99 Å². The summed E-state index contributed by atoms with van der Waals surface area (Å²) >= 11 is 0. The van der Waals surface area contributed by atoms with E-state index in [1.54, 1.807) is 25.2 Å². The first-order valence-electron chi connectivity index (χ1n) is 6.41. The number of aliphatic imine (C=N–C) groups is 1. The molecule has 0 aliphatic carbocycles. The third-order valence-corrected chi connectivity index (χ3v) is 2.37. The second-order valence-corrected chi connectivity index (χ2v) is 4.61. The van der Waals surface area contributed by atoms with Crippen molar-refractivity contribution in [2.75, 3.05) is 13.6 Å². The Morgan fingerprint density at radius 1 is 1.30 bits per heavy atom. The number of nitrogens with one attached hydrogen (secondary N) is 2. The number of halogens is 2. The number of rotatable bonds is 5. The van der Waals surface area contributed by atoms with Crippen molar-refractivity contribution in [2.24, 2.45) is 4.99 Å². The SMILES string of the molecule is CN=C(NCC(C)Oc1ccccc1F)NC(C)C.I. The lowest BCUT2D eigenvalue weighted by Gasteiger charge is -2.19. The minimum Gasteiger partial charge on any atom is -0.486 e. The van der Waals surface area contributed by atoms with E-state index in [-0.39, 0.29) is 41.6 Å². The first-order valence-corrected chi connectivity index (χ1v) is 6.41. The van der Waals surface area contributed by atoms with Crippen LogP contribution in [0.5, 0.6) is 5.75 Å². The molecule has 0 saturated carbocycles. The molecule has 0 radical (unpaired) electrons. The summed E-state index contributed by atoms with van der Waals surface area (Å²) < 4.78 is 18.9. The molecule has 0 aromatic heterocycles. The second kappa shape index (κ2) is 9.79. The Kier molecular flexibility index (Phi) is 9.28. The lowest BCUT2D eigenvalue weighted by molar-refractivity contribution is 0.214. The Balaban J connectivity index is 0.00000361. The highest BCUT2D eigenvalue weighted by Crippen LogP contribution is 2.16. The number of hydrogen-bond acceptors (Lipinski definition) is 2. The summed E-state index contributed by atoms with van der Waals surface area (Å²) in [6.07, 6.45) is -0.164. The molecule has 1 rings (SSSR count). The number of benzene rings is 1. The van der Waals surface area contributed by atoms with E-state index in [4.69, 9.17) is 4.74 Å². The van der Waals surface area contributed by atoms with E-state index >= 15 is 0 Å². The summed E-state index contributed by atoms with van der Waals surface area (Å²) in [5.74, 6) is 0.627. The number of hydrogen-bond donors (Lipinski definition) is 2. The molecule has 0 heterocycles. The Morgan fingerprint density at radius 3 is 2.50 bits per heavy atom. The summed E-state index contributed by atoms with van der Waals surface area (Å²) in [7, 11) is 1.71. The largest absolute Gasteiger partial charge is 0.486 e. The Labute approximate surface area is 137 Å². The molecule has 6 heteroatoms. The van der Waals surface area contributed by atoms with Gasteiger partial charge in [-0.15, -0.1) is 24.0 Å². The molecule has 1 aromatic rings. The fourth-order valence-electron chi connectivity index (χ4n) is 1.51. The molecule has 114 valence electrons. The van der Waals surface area contributed by atoms with Gasteiger partial charge < -0.3 is 15.4 Å². The minimum absolute atomic E-state index is 0. The van der Waals surface area contributed by atoms with E-state index in [2.05, 4.69) is 15.6 Å². The summed E-state index contributed by atoms with van der Waals surface area (Å²) in [6, 6.07) is 6.69. The molecular formula is C14H23FIN3O. The Morgan fingerprint density at radius 2 is 1.95 bits per heavy atom. The molecule has 0 aliphatic rings. The van der Waals surface area contributed by atoms with Crippen molar-refractivity contribution < 1.29 is 9.13 Å². The standard InChI is InChI=1S/C14H22FN3O.HI/c1-10(2)18-14(16-4)17-9-11(3)19-13-8-6-5-7-12(13)15;/h5-8,10-11H,9H2,1-4H3,(H2,16,17,18);1H. The quantitative estimate of drug-likeness (QED) is 0.458.